The van der Waals surface area contributed by atoms with Gasteiger partial charge in [-0.1, -0.05) is 12.1 Å². The van der Waals surface area contributed by atoms with Gasteiger partial charge in [-0.2, -0.15) is 0 Å². The summed E-state index contributed by atoms with van der Waals surface area (Å²) >= 11 is 0. The molecule has 6 heteroatoms. The summed E-state index contributed by atoms with van der Waals surface area (Å²) in [5.74, 6) is -1.73. The Hall–Kier alpha value is -1.43. The highest BCUT2D eigenvalue weighted by atomic mass is 32.2. The van der Waals surface area contributed by atoms with Gasteiger partial charge in [0.2, 0.25) is 0 Å². The molecule has 0 unspecified atom stereocenters. The number of aliphatic carboxylic acids is 1. The van der Waals surface area contributed by atoms with Crippen molar-refractivity contribution in [2.45, 2.75) is 24.2 Å². The van der Waals surface area contributed by atoms with Crippen molar-refractivity contribution in [1.82, 2.24) is 0 Å². The normalized spacial score (nSPS) is 11.4. The predicted octanol–water partition coefficient (Wildman–Crippen LogP) is 1.64. The highest BCUT2D eigenvalue weighted by Gasteiger charge is 2.16. The molecule has 0 aliphatic heterocycles. The highest BCUT2D eigenvalue weighted by Crippen LogP contribution is 2.19. The molecule has 1 aromatic rings. The van der Waals surface area contributed by atoms with Crippen LogP contribution in [0.25, 0.3) is 0 Å². The van der Waals surface area contributed by atoms with Crippen LogP contribution in [0.5, 0.6) is 0 Å². The van der Waals surface area contributed by atoms with E-state index < -0.39 is 21.6 Å². The van der Waals surface area contributed by atoms with Crippen LogP contribution >= 0.6 is 0 Å². The van der Waals surface area contributed by atoms with Crippen LogP contribution in [0.3, 0.4) is 0 Å². The molecule has 0 atom stereocenters. The number of hydrogen-bond donors (Lipinski definition) is 1. The molecule has 1 rings (SSSR count). The van der Waals surface area contributed by atoms with Gasteiger partial charge in [-0.15, -0.1) is 0 Å². The van der Waals surface area contributed by atoms with E-state index in [9.17, 15) is 17.6 Å². The molecule has 1 aromatic carbocycles. The SMILES string of the molecule is CS(=O)(=O)c1cccc(CCCC(=O)O)c1F. The number of carbonyl (C=O) groups is 1. The van der Waals surface area contributed by atoms with Gasteiger partial charge in [-0.25, -0.2) is 12.8 Å². The van der Waals surface area contributed by atoms with E-state index >= 15 is 0 Å². The minimum absolute atomic E-state index is 0.0669. The van der Waals surface area contributed by atoms with Crippen LogP contribution in [0.1, 0.15) is 18.4 Å². The molecule has 0 spiro atoms. The van der Waals surface area contributed by atoms with Crippen molar-refractivity contribution in [3.8, 4) is 0 Å². The second-order valence-corrected chi connectivity index (χ2v) is 5.73. The van der Waals surface area contributed by atoms with Crippen molar-refractivity contribution in [1.29, 1.82) is 0 Å². The summed E-state index contributed by atoms with van der Waals surface area (Å²) in [6.07, 6.45) is 1.36. The van der Waals surface area contributed by atoms with Crippen molar-refractivity contribution < 1.29 is 22.7 Å². The number of carboxylic acid groups (broad SMARTS) is 1. The minimum atomic E-state index is -3.59. The van der Waals surface area contributed by atoms with Gasteiger partial charge in [0.25, 0.3) is 0 Å². The van der Waals surface area contributed by atoms with Gasteiger partial charge in [0.15, 0.2) is 9.84 Å². The number of benzene rings is 1. The minimum Gasteiger partial charge on any atom is -0.481 e. The Morgan fingerprint density at radius 1 is 1.41 bits per heavy atom. The van der Waals surface area contributed by atoms with E-state index in [-0.39, 0.29) is 29.7 Å². The van der Waals surface area contributed by atoms with Gasteiger partial charge in [0.05, 0.1) is 0 Å². The lowest BCUT2D eigenvalue weighted by molar-refractivity contribution is -0.137. The molecule has 0 aromatic heterocycles. The van der Waals surface area contributed by atoms with E-state index in [1.807, 2.05) is 0 Å². The molecule has 0 bridgehead atoms. The first-order valence-electron chi connectivity index (χ1n) is 5.01. The fourth-order valence-electron chi connectivity index (χ4n) is 1.47. The Kier molecular flexibility index (Phi) is 4.22. The fourth-order valence-corrected chi connectivity index (χ4v) is 2.25. The summed E-state index contributed by atoms with van der Waals surface area (Å²) in [4.78, 5) is 9.97. The average Bonchev–Trinajstić information content (AvgIpc) is 2.18. The van der Waals surface area contributed by atoms with Gasteiger partial charge < -0.3 is 5.11 Å². The number of rotatable bonds is 5. The Morgan fingerprint density at radius 3 is 2.59 bits per heavy atom. The zero-order valence-electron chi connectivity index (χ0n) is 9.31. The van der Waals surface area contributed by atoms with E-state index in [0.717, 1.165) is 6.26 Å². The third-order valence-corrected chi connectivity index (χ3v) is 3.39. The molecule has 4 nitrogen and oxygen atoms in total. The molecule has 0 fully saturated rings. The number of carboxylic acids is 1. The Bertz CT molecular complexity index is 522. The van der Waals surface area contributed by atoms with Crippen LogP contribution in [0.4, 0.5) is 4.39 Å². The molecular formula is C11H13FO4S. The average molecular weight is 260 g/mol. The summed E-state index contributed by atoms with van der Waals surface area (Å²) in [5, 5.41) is 8.46. The van der Waals surface area contributed by atoms with E-state index in [1.165, 1.54) is 18.2 Å². The first kappa shape index (κ1) is 13.6. The summed E-state index contributed by atoms with van der Waals surface area (Å²) in [5.41, 5.74) is 0.231. The molecule has 0 aliphatic rings. The standard InChI is InChI=1S/C11H13FO4S/c1-17(15,16)9-6-2-4-8(11(9)12)5-3-7-10(13)14/h2,4,6H,3,5,7H2,1H3,(H,13,14). The highest BCUT2D eigenvalue weighted by molar-refractivity contribution is 7.90. The lowest BCUT2D eigenvalue weighted by atomic mass is 10.1. The van der Waals surface area contributed by atoms with Crippen LogP contribution in [-0.2, 0) is 21.1 Å². The van der Waals surface area contributed by atoms with Crippen LogP contribution in [-0.4, -0.2) is 25.7 Å². The van der Waals surface area contributed by atoms with Crippen LogP contribution < -0.4 is 0 Å². The lowest BCUT2D eigenvalue weighted by Gasteiger charge is -2.06. The van der Waals surface area contributed by atoms with E-state index in [1.54, 1.807) is 0 Å². The molecule has 0 aliphatic carbocycles. The van der Waals surface area contributed by atoms with E-state index in [0.29, 0.717) is 0 Å². The predicted molar refractivity (Wildman–Crippen MR) is 60.1 cm³/mol. The van der Waals surface area contributed by atoms with Gasteiger partial charge in [-0.3, -0.25) is 4.79 Å². The first-order valence-corrected chi connectivity index (χ1v) is 6.90. The summed E-state index contributed by atoms with van der Waals surface area (Å²) in [6.45, 7) is 0. The Morgan fingerprint density at radius 2 is 2.06 bits per heavy atom. The number of halogens is 1. The second kappa shape index (κ2) is 5.27. The maximum atomic E-state index is 13.8. The van der Waals surface area contributed by atoms with Crippen molar-refractivity contribution >= 4 is 15.8 Å². The van der Waals surface area contributed by atoms with Gasteiger partial charge in [0.1, 0.15) is 10.7 Å². The van der Waals surface area contributed by atoms with E-state index in [4.69, 9.17) is 5.11 Å². The quantitative estimate of drug-likeness (QED) is 0.873. The van der Waals surface area contributed by atoms with Crippen LogP contribution in [0.2, 0.25) is 0 Å². The summed E-state index contributed by atoms with van der Waals surface area (Å²) in [6, 6.07) is 4.12. The first-order chi connectivity index (χ1) is 7.82. The van der Waals surface area contributed by atoms with Crippen molar-refractivity contribution in [2.24, 2.45) is 0 Å². The molecule has 94 valence electrons. The van der Waals surface area contributed by atoms with Crippen molar-refractivity contribution in [3.63, 3.8) is 0 Å². The maximum absolute atomic E-state index is 13.8. The van der Waals surface area contributed by atoms with Crippen molar-refractivity contribution in [2.75, 3.05) is 6.26 Å². The van der Waals surface area contributed by atoms with Crippen LogP contribution in [0, 0.1) is 5.82 Å². The van der Waals surface area contributed by atoms with Gasteiger partial charge in [-0.05, 0) is 24.5 Å². The third-order valence-electron chi connectivity index (χ3n) is 2.28. The smallest absolute Gasteiger partial charge is 0.303 e. The molecule has 1 N–H and O–H groups in total. The Labute approximate surface area is 99.0 Å². The molecule has 0 radical (unpaired) electrons. The van der Waals surface area contributed by atoms with E-state index in [2.05, 4.69) is 0 Å². The summed E-state index contributed by atoms with van der Waals surface area (Å²) < 4.78 is 36.3. The number of aryl methyl sites for hydroxylation is 1. The molecule has 0 saturated carbocycles. The molecule has 0 amide bonds. The molecular weight excluding hydrogens is 247 g/mol. The van der Waals surface area contributed by atoms with Gasteiger partial charge in [0, 0.05) is 12.7 Å². The summed E-state index contributed by atoms with van der Waals surface area (Å²) in [7, 11) is -3.59. The van der Waals surface area contributed by atoms with Crippen LogP contribution in [0.15, 0.2) is 23.1 Å². The fraction of sp³-hybridized carbons (Fsp3) is 0.364. The zero-order chi connectivity index (χ0) is 13.1. The van der Waals surface area contributed by atoms with Gasteiger partial charge >= 0.3 is 5.97 Å². The molecule has 0 saturated heterocycles. The lowest BCUT2D eigenvalue weighted by Crippen LogP contribution is -2.04. The molecule has 17 heavy (non-hydrogen) atoms. The third kappa shape index (κ3) is 3.81. The second-order valence-electron chi connectivity index (χ2n) is 3.75. The molecule has 0 heterocycles. The Balaban J connectivity index is 2.92. The zero-order valence-corrected chi connectivity index (χ0v) is 10.1. The van der Waals surface area contributed by atoms with Crippen molar-refractivity contribution in [3.05, 3.63) is 29.6 Å². The monoisotopic (exact) mass is 260 g/mol. The number of sulfone groups is 1. The topological polar surface area (TPSA) is 71.4 Å². The maximum Gasteiger partial charge on any atom is 0.303 e. The largest absolute Gasteiger partial charge is 0.481 e. The number of hydrogen-bond acceptors (Lipinski definition) is 3.